The maximum atomic E-state index is 13.4. The Kier molecular flexibility index (Phi) is 10.7. The highest BCUT2D eigenvalue weighted by Crippen LogP contribution is 2.28. The van der Waals surface area contributed by atoms with Gasteiger partial charge in [0.25, 0.3) is 10.0 Å². The number of carbonyl (C=O) groups excluding carboxylic acids is 2. The van der Waals surface area contributed by atoms with Crippen LogP contribution in [0.25, 0.3) is 6.08 Å². The van der Waals surface area contributed by atoms with Gasteiger partial charge in [0.1, 0.15) is 0 Å². The summed E-state index contributed by atoms with van der Waals surface area (Å²) in [6.07, 6.45) is -1.63. The summed E-state index contributed by atoms with van der Waals surface area (Å²) in [7, 11) is -5.08. The van der Waals surface area contributed by atoms with Gasteiger partial charge in [-0.15, -0.1) is 0 Å². The summed E-state index contributed by atoms with van der Waals surface area (Å²) in [4.78, 5) is 26.0. The minimum absolute atomic E-state index is 0.00721. The molecule has 0 bridgehead atoms. The van der Waals surface area contributed by atoms with E-state index in [0.29, 0.717) is 0 Å². The van der Waals surface area contributed by atoms with E-state index in [1.807, 2.05) is 30.3 Å². The molecule has 2 amide bonds. The molecule has 12 heteroatoms. The van der Waals surface area contributed by atoms with Crippen LogP contribution in [0.2, 0.25) is 0 Å². The number of hydroxylamine groups is 1. The quantitative estimate of drug-likeness (QED) is 0.274. The number of nitrogens with one attached hydrogen (secondary N) is 2. The van der Waals surface area contributed by atoms with E-state index < -0.39 is 45.6 Å². The van der Waals surface area contributed by atoms with E-state index in [4.69, 9.17) is 0 Å². The Morgan fingerprint density at radius 3 is 2.05 bits per heavy atom. The second kappa shape index (κ2) is 13.2. The maximum absolute atomic E-state index is 13.4. The monoisotopic (exact) mass is 541 g/mol. The molecule has 202 valence electrons. The molecule has 0 aliphatic rings. The zero-order chi connectivity index (χ0) is 27.6. The maximum Gasteiger partial charge on any atom is 0.404 e. The number of allylic oxidation sites excluding steroid dienone is 1. The van der Waals surface area contributed by atoms with Crippen LogP contribution in [0.3, 0.4) is 0 Å². The topological polar surface area (TPSA) is 116 Å². The van der Waals surface area contributed by atoms with Crippen molar-refractivity contribution in [3.63, 3.8) is 0 Å². The fraction of sp³-hybridized carbons (Fsp3) is 0.360. The van der Waals surface area contributed by atoms with Crippen molar-refractivity contribution in [2.75, 3.05) is 10.2 Å². The summed E-state index contributed by atoms with van der Waals surface area (Å²) in [5, 5.41) is 9.32. The van der Waals surface area contributed by atoms with Crippen molar-refractivity contribution < 1.29 is 36.4 Å². The molecule has 0 radical (unpaired) electrons. The largest absolute Gasteiger partial charge is 0.404 e. The van der Waals surface area contributed by atoms with Crippen molar-refractivity contribution in [1.29, 1.82) is 0 Å². The molecule has 8 nitrogen and oxygen atoms in total. The third kappa shape index (κ3) is 9.54. The number of rotatable bonds is 12. The summed E-state index contributed by atoms with van der Waals surface area (Å²) in [6, 6.07) is 15.9. The van der Waals surface area contributed by atoms with Crippen molar-refractivity contribution in [2.24, 2.45) is 17.8 Å². The van der Waals surface area contributed by atoms with Crippen molar-refractivity contribution in [1.82, 2.24) is 10.9 Å². The Morgan fingerprint density at radius 2 is 1.54 bits per heavy atom. The summed E-state index contributed by atoms with van der Waals surface area (Å²) in [5.74, 6) is -6.55. The number of nitrogens with zero attached hydrogens (tertiary/aromatic N) is 1. The predicted octanol–water partition coefficient (Wildman–Crippen LogP) is 4.30. The molecule has 0 unspecified atom stereocenters. The molecule has 37 heavy (non-hydrogen) atoms. The number of hydrogen-bond acceptors (Lipinski definition) is 5. The average Bonchev–Trinajstić information content (AvgIpc) is 2.83. The summed E-state index contributed by atoms with van der Waals surface area (Å²) in [5.41, 5.74) is 4.24. The normalized spacial score (nSPS) is 13.8. The smallest absolute Gasteiger partial charge is 0.289 e. The highest BCUT2D eigenvalue weighted by molar-refractivity contribution is 7.92. The molecule has 0 fully saturated rings. The molecule has 0 aromatic heterocycles. The number of anilines is 1. The van der Waals surface area contributed by atoms with Crippen LogP contribution in [-0.4, -0.2) is 37.4 Å². The van der Waals surface area contributed by atoms with Gasteiger partial charge in [-0.1, -0.05) is 74.5 Å². The minimum Gasteiger partial charge on any atom is -0.289 e. The second-order valence-corrected chi connectivity index (χ2v) is 10.6. The van der Waals surface area contributed by atoms with Crippen molar-refractivity contribution >= 4 is 33.6 Å². The molecule has 0 aliphatic heterocycles. The SMILES string of the molecule is CC(C)C[C@@H](C(=O)NN(c1ccccc1)S(=O)(=O)CC(F)(F)F)[C@H](CC=Cc1ccccc1)C(=O)NO. The number of hydrogen-bond donors (Lipinski definition) is 3. The van der Waals surface area contributed by atoms with Gasteiger partial charge in [0, 0.05) is 0 Å². The lowest BCUT2D eigenvalue weighted by Crippen LogP contribution is -2.53. The van der Waals surface area contributed by atoms with E-state index in [-0.39, 0.29) is 28.9 Å². The lowest BCUT2D eigenvalue weighted by atomic mass is 9.82. The van der Waals surface area contributed by atoms with Gasteiger partial charge in [-0.3, -0.25) is 20.2 Å². The summed E-state index contributed by atoms with van der Waals surface area (Å²) < 4.78 is 64.7. The standard InChI is InChI=1S/C25H30F3N3O5S/c1-18(2)16-22(21(24(33)30-34)15-9-12-19-10-5-3-6-11-19)23(32)29-31(20-13-7-4-8-14-20)37(35,36)17-25(26,27)28/h3-14,18,21-22,34H,15-17H2,1-2H3,(H,29,32)(H,30,33)/t21-,22+/m0/s1. The third-order valence-electron chi connectivity index (χ3n) is 5.32. The number of benzene rings is 2. The first-order valence-electron chi connectivity index (χ1n) is 11.4. The van der Waals surface area contributed by atoms with Crippen LogP contribution in [0.15, 0.2) is 66.7 Å². The van der Waals surface area contributed by atoms with E-state index in [2.05, 4.69) is 5.43 Å². The Morgan fingerprint density at radius 1 is 0.973 bits per heavy atom. The molecule has 0 saturated carbocycles. The Bertz CT molecular complexity index is 1160. The van der Waals surface area contributed by atoms with Crippen LogP contribution in [0, 0.1) is 17.8 Å². The van der Waals surface area contributed by atoms with Crippen molar-refractivity contribution in [3.05, 3.63) is 72.3 Å². The number of carbonyl (C=O) groups is 2. The number of sulfonamides is 1. The zero-order valence-electron chi connectivity index (χ0n) is 20.4. The van der Waals surface area contributed by atoms with Crippen LogP contribution >= 0.6 is 0 Å². The van der Waals surface area contributed by atoms with Crippen molar-refractivity contribution in [3.8, 4) is 0 Å². The van der Waals surface area contributed by atoms with Crippen LogP contribution in [0.4, 0.5) is 18.9 Å². The van der Waals surface area contributed by atoms with Gasteiger partial charge < -0.3 is 0 Å². The highest BCUT2D eigenvalue weighted by atomic mass is 32.2. The van der Waals surface area contributed by atoms with Crippen LogP contribution in [0.1, 0.15) is 32.3 Å². The lowest BCUT2D eigenvalue weighted by molar-refractivity contribution is -0.140. The van der Waals surface area contributed by atoms with Gasteiger partial charge in [-0.2, -0.15) is 17.6 Å². The highest BCUT2D eigenvalue weighted by Gasteiger charge is 2.41. The molecule has 0 spiro atoms. The van der Waals surface area contributed by atoms with Crippen molar-refractivity contribution in [2.45, 2.75) is 32.9 Å². The van der Waals surface area contributed by atoms with E-state index in [1.54, 1.807) is 26.0 Å². The van der Waals surface area contributed by atoms with Gasteiger partial charge in [0.2, 0.25) is 11.8 Å². The predicted molar refractivity (Wildman–Crippen MR) is 133 cm³/mol. The summed E-state index contributed by atoms with van der Waals surface area (Å²) in [6.45, 7) is 3.53. The Hall–Kier alpha value is -3.38. The number of hydrazine groups is 1. The van der Waals surface area contributed by atoms with Gasteiger partial charge >= 0.3 is 6.18 Å². The molecular weight excluding hydrogens is 511 g/mol. The van der Waals surface area contributed by atoms with Crippen LogP contribution in [0.5, 0.6) is 0 Å². The Balaban J connectivity index is 2.41. The average molecular weight is 542 g/mol. The fourth-order valence-corrected chi connectivity index (χ4v) is 4.94. The number of halogens is 3. The van der Waals surface area contributed by atoms with E-state index in [0.717, 1.165) is 5.56 Å². The van der Waals surface area contributed by atoms with Gasteiger partial charge in [-0.25, -0.2) is 13.9 Å². The molecule has 2 aromatic carbocycles. The molecule has 3 N–H and O–H groups in total. The van der Waals surface area contributed by atoms with Gasteiger partial charge in [-0.05, 0) is 36.5 Å². The molecule has 2 rings (SSSR count). The first-order valence-corrected chi connectivity index (χ1v) is 13.1. The lowest BCUT2D eigenvalue weighted by Gasteiger charge is -2.30. The molecule has 0 heterocycles. The van der Waals surface area contributed by atoms with Crippen LogP contribution in [-0.2, 0) is 19.6 Å². The minimum atomic E-state index is -5.08. The first-order chi connectivity index (χ1) is 17.3. The number of amides is 2. The van der Waals surface area contributed by atoms with Gasteiger partial charge in [0.05, 0.1) is 17.5 Å². The van der Waals surface area contributed by atoms with Crippen LogP contribution < -0.4 is 15.3 Å². The second-order valence-electron chi connectivity index (χ2n) is 8.81. The van der Waals surface area contributed by atoms with E-state index >= 15 is 0 Å². The number of alkyl halides is 3. The van der Waals surface area contributed by atoms with E-state index in [1.165, 1.54) is 35.8 Å². The van der Waals surface area contributed by atoms with E-state index in [9.17, 15) is 36.4 Å². The molecule has 2 aromatic rings. The first kappa shape index (κ1) is 29.8. The Labute approximate surface area is 214 Å². The molecule has 2 atom stereocenters. The fourth-order valence-electron chi connectivity index (χ4n) is 3.73. The third-order valence-corrected chi connectivity index (χ3v) is 6.87. The molecular formula is C25H30F3N3O5S. The summed E-state index contributed by atoms with van der Waals surface area (Å²) >= 11 is 0. The molecule has 0 aliphatic carbocycles. The van der Waals surface area contributed by atoms with Gasteiger partial charge in [0.15, 0.2) is 5.75 Å². The zero-order valence-corrected chi connectivity index (χ0v) is 21.2. The molecule has 0 saturated heterocycles. The number of para-hydroxylation sites is 1.